The molecule has 0 saturated carbocycles. The van der Waals surface area contributed by atoms with Crippen LogP contribution in [0.5, 0.6) is 0 Å². The van der Waals surface area contributed by atoms with Gasteiger partial charge in [-0.25, -0.2) is 0 Å². The van der Waals surface area contributed by atoms with Gasteiger partial charge in [-0.3, -0.25) is 4.79 Å². The lowest BCUT2D eigenvalue weighted by Crippen LogP contribution is -2.47. The number of nitrogens with zero attached hydrogens (tertiary/aromatic N) is 1. The third kappa shape index (κ3) is 2.58. The fraction of sp³-hybridized carbons (Fsp3) is 0. The number of carbonyl (C=O) groups excluding carboxylic acids is 1. The molecule has 0 fully saturated rings. The Labute approximate surface area is 98.3 Å². The number of amides is 1. The van der Waals surface area contributed by atoms with Crippen molar-refractivity contribution in [3.8, 4) is 0 Å². The number of benzene rings is 1. The molecule has 0 aliphatic carbocycles. The Kier molecular flexibility index (Phi) is 3.17. The van der Waals surface area contributed by atoms with Crippen LogP contribution >= 0.6 is 11.6 Å². The Morgan fingerprint density at radius 2 is 1.88 bits per heavy atom. The zero-order chi connectivity index (χ0) is 11.4. The molecule has 0 bridgehead atoms. The van der Waals surface area contributed by atoms with Crippen LogP contribution in [0.2, 0.25) is 5.02 Å². The van der Waals surface area contributed by atoms with Gasteiger partial charge in [0, 0.05) is 11.6 Å². The quantitative estimate of drug-likeness (QED) is 0.791. The molecular weight excluding hydrogens is 224 g/mol. The lowest BCUT2D eigenvalue weighted by Gasteiger charge is -1.99. The van der Waals surface area contributed by atoms with Gasteiger partial charge < -0.3 is 0 Å². The molecule has 0 unspecified atom stereocenters. The molecule has 16 heavy (non-hydrogen) atoms. The Morgan fingerprint density at radius 1 is 1.12 bits per heavy atom. The second-order valence-corrected chi connectivity index (χ2v) is 3.67. The number of halogens is 1. The molecule has 1 aromatic carbocycles. The van der Waals surface area contributed by atoms with Crippen LogP contribution in [-0.4, -0.2) is 5.91 Å². The minimum Gasteiger partial charge on any atom is -0.264 e. The highest BCUT2D eigenvalue weighted by Gasteiger charge is 2.09. The summed E-state index contributed by atoms with van der Waals surface area (Å²) in [6, 6.07) is 12.5. The average Bonchev–Trinajstić information content (AvgIpc) is 2.30. The van der Waals surface area contributed by atoms with Crippen molar-refractivity contribution in [2.75, 3.05) is 5.43 Å². The summed E-state index contributed by atoms with van der Waals surface area (Å²) in [7, 11) is 0. The molecule has 1 N–H and O–H groups in total. The van der Waals surface area contributed by atoms with Crippen LogP contribution in [-0.2, 0) is 0 Å². The molecule has 4 heteroatoms. The van der Waals surface area contributed by atoms with Crippen molar-refractivity contribution in [3.63, 3.8) is 0 Å². The topological polar surface area (TPSA) is 33.0 Å². The van der Waals surface area contributed by atoms with Crippen LogP contribution in [0.3, 0.4) is 0 Å². The molecule has 80 valence electrons. The maximum atomic E-state index is 11.8. The van der Waals surface area contributed by atoms with E-state index < -0.39 is 0 Å². The van der Waals surface area contributed by atoms with Crippen LogP contribution in [0.25, 0.3) is 0 Å². The molecule has 0 spiro atoms. The predicted molar refractivity (Wildman–Crippen MR) is 61.8 cm³/mol. The highest BCUT2D eigenvalue weighted by Crippen LogP contribution is 2.01. The minimum atomic E-state index is -0.173. The first kappa shape index (κ1) is 10.6. The number of pyridine rings is 1. The highest BCUT2D eigenvalue weighted by molar-refractivity contribution is 6.30. The van der Waals surface area contributed by atoms with Gasteiger partial charge in [0.2, 0.25) is 6.20 Å². The van der Waals surface area contributed by atoms with Crippen LogP contribution < -0.4 is 10.1 Å². The van der Waals surface area contributed by atoms with E-state index in [1.54, 1.807) is 36.7 Å². The molecule has 0 radical (unpaired) electrons. The molecule has 0 atom stereocenters. The summed E-state index contributed by atoms with van der Waals surface area (Å²) in [6.07, 6.45) is 3.34. The monoisotopic (exact) mass is 233 g/mol. The maximum absolute atomic E-state index is 11.8. The second kappa shape index (κ2) is 4.77. The van der Waals surface area contributed by atoms with Gasteiger partial charge in [0.25, 0.3) is 0 Å². The van der Waals surface area contributed by atoms with Crippen molar-refractivity contribution < 1.29 is 9.47 Å². The van der Waals surface area contributed by atoms with Gasteiger partial charge in [-0.05, 0) is 18.2 Å². The van der Waals surface area contributed by atoms with Crippen LogP contribution in [0, 0.1) is 0 Å². The summed E-state index contributed by atoms with van der Waals surface area (Å²) in [5.74, 6) is -0.173. The van der Waals surface area contributed by atoms with Gasteiger partial charge in [0.15, 0.2) is 6.20 Å². The minimum absolute atomic E-state index is 0.173. The fourth-order valence-corrected chi connectivity index (χ4v) is 1.47. The molecular formula is C12H10ClN2O+. The van der Waals surface area contributed by atoms with Gasteiger partial charge in [0.1, 0.15) is 5.02 Å². The third-order valence-corrected chi connectivity index (χ3v) is 2.25. The van der Waals surface area contributed by atoms with E-state index in [0.717, 1.165) is 0 Å². The number of carbonyl (C=O) groups is 1. The summed E-state index contributed by atoms with van der Waals surface area (Å²) in [4.78, 5) is 11.8. The first-order valence-electron chi connectivity index (χ1n) is 4.79. The molecule has 0 aliphatic heterocycles. The molecule has 1 aromatic heterocycles. The summed E-state index contributed by atoms with van der Waals surface area (Å²) in [5.41, 5.74) is 3.30. The van der Waals surface area contributed by atoms with Crippen molar-refractivity contribution in [3.05, 3.63) is 65.4 Å². The van der Waals surface area contributed by atoms with Crippen LogP contribution in [0.15, 0.2) is 54.9 Å². The second-order valence-electron chi connectivity index (χ2n) is 3.24. The Hall–Kier alpha value is -1.87. The fourth-order valence-electron chi connectivity index (χ4n) is 1.29. The van der Waals surface area contributed by atoms with Gasteiger partial charge in [-0.15, -0.1) is 5.43 Å². The third-order valence-electron chi connectivity index (χ3n) is 2.03. The lowest BCUT2D eigenvalue weighted by atomic mass is 10.2. The molecule has 0 aliphatic rings. The number of hydrogen-bond acceptors (Lipinski definition) is 1. The van der Waals surface area contributed by atoms with Crippen molar-refractivity contribution in [1.82, 2.24) is 0 Å². The van der Waals surface area contributed by atoms with Gasteiger partial charge in [0.05, 0.1) is 0 Å². The van der Waals surface area contributed by atoms with Crippen LogP contribution in [0.4, 0.5) is 0 Å². The van der Waals surface area contributed by atoms with Crippen molar-refractivity contribution in [2.45, 2.75) is 0 Å². The van der Waals surface area contributed by atoms with Crippen molar-refractivity contribution in [1.29, 1.82) is 0 Å². The molecule has 0 saturated heterocycles. The highest BCUT2D eigenvalue weighted by atomic mass is 35.5. The Morgan fingerprint density at radius 3 is 2.56 bits per heavy atom. The van der Waals surface area contributed by atoms with Crippen molar-refractivity contribution >= 4 is 17.5 Å². The summed E-state index contributed by atoms with van der Waals surface area (Å²) >= 11 is 5.80. The van der Waals surface area contributed by atoms with E-state index in [9.17, 15) is 4.79 Å². The lowest BCUT2D eigenvalue weighted by molar-refractivity contribution is -0.641. The summed E-state index contributed by atoms with van der Waals surface area (Å²) < 4.78 is 1.53. The molecule has 1 heterocycles. The number of nitrogens with one attached hydrogen (secondary N) is 1. The average molecular weight is 234 g/mol. The van der Waals surface area contributed by atoms with E-state index in [2.05, 4.69) is 5.43 Å². The molecule has 1 amide bonds. The number of rotatable bonds is 2. The first-order chi connectivity index (χ1) is 7.75. The largest absolute Gasteiger partial charge is 0.305 e. The van der Waals surface area contributed by atoms with E-state index >= 15 is 0 Å². The van der Waals surface area contributed by atoms with Gasteiger partial charge in [-0.1, -0.05) is 34.5 Å². The van der Waals surface area contributed by atoms with Crippen LogP contribution in [0.1, 0.15) is 10.4 Å². The normalized spacial score (nSPS) is 9.81. The van der Waals surface area contributed by atoms with E-state index in [4.69, 9.17) is 11.6 Å². The predicted octanol–water partition coefficient (Wildman–Crippen LogP) is 2.01. The first-order valence-corrected chi connectivity index (χ1v) is 5.17. The zero-order valence-electron chi connectivity index (χ0n) is 8.43. The number of hydrogen-bond donors (Lipinski definition) is 1. The Balaban J connectivity index is 2.14. The molecule has 3 nitrogen and oxygen atoms in total. The molecule has 2 rings (SSSR count). The zero-order valence-corrected chi connectivity index (χ0v) is 9.19. The SMILES string of the molecule is O=C(N[n+]1cccc(Cl)c1)c1ccccc1. The number of aromatic nitrogens is 1. The van der Waals surface area contributed by atoms with Gasteiger partial charge in [-0.2, -0.15) is 0 Å². The standard InChI is InChI=1S/C12H9ClN2O/c13-11-7-4-8-15(9-11)14-12(16)10-5-2-1-3-6-10/h1-9H/p+1. The van der Waals surface area contributed by atoms with E-state index in [1.807, 2.05) is 18.2 Å². The van der Waals surface area contributed by atoms with E-state index in [1.165, 1.54) is 4.68 Å². The van der Waals surface area contributed by atoms with E-state index in [-0.39, 0.29) is 5.91 Å². The Bertz CT molecular complexity index is 499. The van der Waals surface area contributed by atoms with Gasteiger partial charge >= 0.3 is 5.91 Å². The van der Waals surface area contributed by atoms with E-state index in [0.29, 0.717) is 10.6 Å². The summed E-state index contributed by atoms with van der Waals surface area (Å²) in [5, 5.41) is 0.566. The summed E-state index contributed by atoms with van der Waals surface area (Å²) in [6.45, 7) is 0. The molecule has 2 aromatic rings. The maximum Gasteiger partial charge on any atom is 0.305 e. The smallest absolute Gasteiger partial charge is 0.264 e. The van der Waals surface area contributed by atoms with Crippen molar-refractivity contribution in [2.24, 2.45) is 0 Å².